The van der Waals surface area contributed by atoms with Crippen LogP contribution in [0.3, 0.4) is 0 Å². The van der Waals surface area contributed by atoms with Gasteiger partial charge in [-0.1, -0.05) is 6.42 Å². The van der Waals surface area contributed by atoms with Crippen molar-refractivity contribution in [3.8, 4) is 0 Å². The summed E-state index contributed by atoms with van der Waals surface area (Å²) in [5.41, 5.74) is 15.5. The summed E-state index contributed by atoms with van der Waals surface area (Å²) in [5.74, 6) is -2.99. The van der Waals surface area contributed by atoms with Crippen LogP contribution in [0.1, 0.15) is 19.3 Å². The van der Waals surface area contributed by atoms with Gasteiger partial charge >= 0.3 is 17.9 Å². The number of rotatable bonds is 10. The molecule has 0 bridgehead atoms. The molecule has 0 heterocycles. The van der Waals surface area contributed by atoms with Crippen LogP contribution in [0.5, 0.6) is 0 Å². The molecule has 10 nitrogen and oxygen atoms in total. The van der Waals surface area contributed by atoms with E-state index in [0.29, 0.717) is 13.0 Å². The number of nitrogens with two attached hydrogens (primary N) is 3. The zero-order chi connectivity index (χ0) is 16.8. The molecule has 0 fully saturated rings. The lowest BCUT2D eigenvalue weighted by atomic mass is 10.1. The molecule has 11 heteroatoms. The molecular formula is C11H25N3O7S. The first kappa shape index (κ1) is 25.5. The lowest BCUT2D eigenvalue weighted by molar-refractivity contribution is -0.139. The molecule has 0 rings (SSSR count). The minimum atomic E-state index is -1.11. The third kappa shape index (κ3) is 18.6. The van der Waals surface area contributed by atoms with Gasteiger partial charge in [-0.25, -0.2) is 0 Å². The highest BCUT2D eigenvalue weighted by Gasteiger charge is 2.11. The van der Waals surface area contributed by atoms with Crippen molar-refractivity contribution in [1.82, 2.24) is 0 Å². The molecule has 0 spiro atoms. The lowest BCUT2D eigenvalue weighted by Gasteiger charge is -2.03. The summed E-state index contributed by atoms with van der Waals surface area (Å²) >= 11 is 0.992. The smallest absolute Gasteiger partial charge is 0.321 e. The number of hydrogen-bond donors (Lipinski definition) is 6. The minimum Gasteiger partial charge on any atom is -0.481 e. The summed E-state index contributed by atoms with van der Waals surface area (Å²) in [7, 11) is 0. The average molecular weight is 343 g/mol. The zero-order valence-electron chi connectivity index (χ0n) is 12.1. The Bertz CT molecular complexity index is 331. The van der Waals surface area contributed by atoms with Gasteiger partial charge < -0.3 is 38.0 Å². The molecule has 0 aliphatic rings. The molecule has 0 saturated carbocycles. The number of hydrogen-bond acceptors (Lipinski definition) is 7. The monoisotopic (exact) mass is 343 g/mol. The van der Waals surface area contributed by atoms with Crippen LogP contribution in [0, 0.1) is 0 Å². The maximum Gasteiger partial charge on any atom is 0.321 e. The standard InChI is InChI=1S/C6H14N2O2.C5H9NO4S.H2O/c7-4-2-1-3-5(8)6(9)10;6-3(5(9)10)1-11-2-4(7)8;/h5H,1-4,7-8H2,(H,9,10);3H,1-2,6H2,(H,7,8)(H,9,10);1H2/t5-;3-;/m00./s1. The van der Waals surface area contributed by atoms with Gasteiger partial charge in [0.05, 0.1) is 5.75 Å². The first-order valence-corrected chi connectivity index (χ1v) is 7.34. The largest absolute Gasteiger partial charge is 0.481 e. The first-order valence-electron chi connectivity index (χ1n) is 6.18. The lowest BCUT2D eigenvalue weighted by Crippen LogP contribution is -2.32. The number of unbranched alkanes of at least 4 members (excludes halogenated alkanes) is 1. The molecule has 0 aliphatic carbocycles. The van der Waals surface area contributed by atoms with E-state index in [9.17, 15) is 14.4 Å². The van der Waals surface area contributed by atoms with Gasteiger partial charge in [0.15, 0.2) is 0 Å². The van der Waals surface area contributed by atoms with Gasteiger partial charge in [-0.15, -0.1) is 11.8 Å². The van der Waals surface area contributed by atoms with Crippen molar-refractivity contribution in [3.05, 3.63) is 0 Å². The summed E-state index contributed by atoms with van der Waals surface area (Å²) in [5, 5.41) is 24.7. The predicted octanol–water partition coefficient (Wildman–Crippen LogP) is -2.08. The van der Waals surface area contributed by atoms with Crippen molar-refractivity contribution in [1.29, 1.82) is 0 Å². The van der Waals surface area contributed by atoms with Gasteiger partial charge in [-0.05, 0) is 19.4 Å². The fourth-order valence-corrected chi connectivity index (χ4v) is 1.67. The Morgan fingerprint density at radius 1 is 0.955 bits per heavy atom. The molecule has 0 amide bonds. The topological polar surface area (TPSA) is 221 Å². The molecule has 132 valence electrons. The van der Waals surface area contributed by atoms with Crippen LogP contribution in [0.2, 0.25) is 0 Å². The highest BCUT2D eigenvalue weighted by Crippen LogP contribution is 2.00. The second kappa shape index (κ2) is 16.0. The molecule has 0 aromatic carbocycles. The molecule has 0 unspecified atom stereocenters. The molecule has 0 aromatic rings. The normalized spacial score (nSPS) is 12.1. The van der Waals surface area contributed by atoms with Gasteiger partial charge in [-0.2, -0.15) is 0 Å². The van der Waals surface area contributed by atoms with Crippen molar-refractivity contribution in [3.63, 3.8) is 0 Å². The van der Waals surface area contributed by atoms with E-state index in [2.05, 4.69) is 0 Å². The zero-order valence-corrected chi connectivity index (χ0v) is 12.9. The van der Waals surface area contributed by atoms with Crippen LogP contribution in [0.15, 0.2) is 0 Å². The number of carboxylic acids is 3. The van der Waals surface area contributed by atoms with E-state index < -0.39 is 30.0 Å². The van der Waals surface area contributed by atoms with Crippen LogP contribution in [-0.4, -0.2) is 68.8 Å². The maximum absolute atomic E-state index is 10.1. The fraction of sp³-hybridized carbons (Fsp3) is 0.727. The summed E-state index contributed by atoms with van der Waals surface area (Å²) < 4.78 is 0. The quantitative estimate of drug-likeness (QED) is 0.237. The number of thioether (sulfide) groups is 1. The highest BCUT2D eigenvalue weighted by atomic mass is 32.2. The van der Waals surface area contributed by atoms with Gasteiger partial charge in [0.1, 0.15) is 12.1 Å². The summed E-state index contributed by atoms with van der Waals surface area (Å²) in [6.07, 6.45) is 2.16. The Hall–Kier alpha value is -1.40. The molecule has 0 radical (unpaired) electrons. The second-order valence-corrected chi connectivity index (χ2v) is 5.11. The van der Waals surface area contributed by atoms with Crippen LogP contribution in [-0.2, 0) is 14.4 Å². The van der Waals surface area contributed by atoms with Crippen molar-refractivity contribution in [2.75, 3.05) is 18.1 Å². The first-order chi connectivity index (χ1) is 9.72. The summed E-state index contributed by atoms with van der Waals surface area (Å²) in [6.45, 7) is 0.604. The number of carboxylic acid groups (broad SMARTS) is 3. The van der Waals surface area contributed by atoms with Crippen LogP contribution >= 0.6 is 11.8 Å². The average Bonchev–Trinajstić information content (AvgIpc) is 2.38. The van der Waals surface area contributed by atoms with Crippen LogP contribution in [0.25, 0.3) is 0 Å². The highest BCUT2D eigenvalue weighted by molar-refractivity contribution is 8.00. The van der Waals surface area contributed by atoms with Crippen molar-refractivity contribution >= 4 is 29.7 Å². The number of aliphatic carboxylic acids is 3. The number of carbonyl (C=O) groups is 3. The van der Waals surface area contributed by atoms with E-state index in [4.69, 9.17) is 32.5 Å². The van der Waals surface area contributed by atoms with E-state index in [1.807, 2.05) is 0 Å². The SMILES string of the molecule is NCCCC[C@H](N)C(=O)O.N[C@@H](CSCC(=O)O)C(=O)O.O. The predicted molar refractivity (Wildman–Crippen MR) is 82.7 cm³/mol. The molecule has 11 N–H and O–H groups in total. The van der Waals surface area contributed by atoms with Crippen molar-refractivity contribution in [2.45, 2.75) is 31.3 Å². The summed E-state index contributed by atoms with van der Waals surface area (Å²) in [6, 6.07) is -1.69. The molecular weight excluding hydrogens is 318 g/mol. The van der Waals surface area contributed by atoms with Gasteiger partial charge in [0.25, 0.3) is 0 Å². The Kier molecular flexibility index (Phi) is 18.6. The Morgan fingerprint density at radius 3 is 1.82 bits per heavy atom. The Balaban J connectivity index is -0.000000315. The van der Waals surface area contributed by atoms with Gasteiger partial charge in [0.2, 0.25) is 0 Å². The summed E-state index contributed by atoms with van der Waals surface area (Å²) in [4.78, 5) is 30.2. The van der Waals surface area contributed by atoms with E-state index in [-0.39, 0.29) is 17.0 Å². The third-order valence-corrected chi connectivity index (χ3v) is 3.17. The fourth-order valence-electron chi connectivity index (χ4n) is 0.977. The van der Waals surface area contributed by atoms with Crippen molar-refractivity contribution < 1.29 is 35.2 Å². The molecule has 2 atom stereocenters. The Labute approximate surface area is 132 Å². The molecule has 0 saturated heterocycles. The van der Waals surface area contributed by atoms with Crippen LogP contribution in [0.4, 0.5) is 0 Å². The maximum atomic E-state index is 10.1. The molecule has 0 aromatic heterocycles. The van der Waals surface area contributed by atoms with Crippen LogP contribution < -0.4 is 17.2 Å². The Morgan fingerprint density at radius 2 is 1.45 bits per heavy atom. The van der Waals surface area contributed by atoms with E-state index in [1.165, 1.54) is 0 Å². The van der Waals surface area contributed by atoms with E-state index in [0.717, 1.165) is 24.6 Å². The molecule has 22 heavy (non-hydrogen) atoms. The van der Waals surface area contributed by atoms with E-state index in [1.54, 1.807) is 0 Å². The van der Waals surface area contributed by atoms with Crippen molar-refractivity contribution in [2.24, 2.45) is 17.2 Å². The second-order valence-electron chi connectivity index (χ2n) is 4.08. The van der Waals surface area contributed by atoms with E-state index >= 15 is 0 Å². The third-order valence-electron chi connectivity index (χ3n) is 2.13. The van der Waals surface area contributed by atoms with Gasteiger partial charge in [-0.3, -0.25) is 14.4 Å². The minimum absolute atomic E-state index is 0. The van der Waals surface area contributed by atoms with Gasteiger partial charge in [0, 0.05) is 5.75 Å². The molecule has 0 aliphatic heterocycles.